The number of hydrogen-bond acceptors (Lipinski definition) is 5. The molecule has 0 unspecified atom stereocenters. The minimum Gasteiger partial charge on any atom is -0.362 e. The van der Waals surface area contributed by atoms with Gasteiger partial charge in [-0.05, 0) is 38.0 Å². The zero-order chi connectivity index (χ0) is 21.6. The molecule has 0 bridgehead atoms. The average Bonchev–Trinajstić information content (AvgIpc) is 2.66. The second-order valence-corrected chi connectivity index (χ2v) is 6.73. The molecule has 0 radical (unpaired) electrons. The summed E-state index contributed by atoms with van der Waals surface area (Å²) in [6.45, 7) is 3.69. The minimum absolute atomic E-state index is 0.0843. The standard InChI is InChI=1S/C20H30N4O5/c1-14(2)23-18(26)10-11-22-17(25)9-6-15-4-7-16(8-5-15)24-20(28)13-29-12-19(27)21-3/h4-5,7-8,14H,6,9-13H2,1-3H3,(H,21,27)(H,22,25)(H,23,26)(H,24,28). The largest absolute Gasteiger partial charge is 0.362 e. The molecule has 0 heterocycles. The van der Waals surface area contributed by atoms with Crippen molar-refractivity contribution >= 4 is 29.3 Å². The Balaban J connectivity index is 2.26. The number of likely N-dealkylation sites (N-methyl/N-ethyl adjacent to an activating group) is 1. The fourth-order valence-electron chi connectivity index (χ4n) is 2.32. The summed E-state index contributed by atoms with van der Waals surface area (Å²) in [5.41, 5.74) is 1.55. The predicted molar refractivity (Wildman–Crippen MR) is 109 cm³/mol. The van der Waals surface area contributed by atoms with Gasteiger partial charge in [0.1, 0.15) is 13.2 Å². The molecule has 0 atom stereocenters. The SMILES string of the molecule is CNC(=O)COCC(=O)Nc1ccc(CCC(=O)NCCC(=O)NC(C)C)cc1. The first kappa shape index (κ1) is 24.1. The fourth-order valence-corrected chi connectivity index (χ4v) is 2.32. The van der Waals surface area contributed by atoms with Gasteiger partial charge in [0.25, 0.3) is 0 Å². The number of nitrogens with one attached hydrogen (secondary N) is 4. The van der Waals surface area contributed by atoms with Gasteiger partial charge in [-0.3, -0.25) is 19.2 Å². The smallest absolute Gasteiger partial charge is 0.250 e. The Labute approximate surface area is 170 Å². The molecule has 0 aliphatic carbocycles. The van der Waals surface area contributed by atoms with Gasteiger partial charge in [0, 0.05) is 38.2 Å². The topological polar surface area (TPSA) is 126 Å². The van der Waals surface area contributed by atoms with Crippen LogP contribution in [-0.2, 0) is 30.3 Å². The maximum Gasteiger partial charge on any atom is 0.250 e. The van der Waals surface area contributed by atoms with Crippen LogP contribution in [0.3, 0.4) is 0 Å². The number of ether oxygens (including phenoxy) is 1. The summed E-state index contributed by atoms with van der Waals surface area (Å²) in [7, 11) is 1.49. The van der Waals surface area contributed by atoms with E-state index in [1.165, 1.54) is 7.05 Å². The molecule has 9 nitrogen and oxygen atoms in total. The first-order valence-corrected chi connectivity index (χ1v) is 9.53. The summed E-state index contributed by atoms with van der Waals surface area (Å²) in [5, 5.41) is 10.6. The Morgan fingerprint density at radius 3 is 2.17 bits per heavy atom. The van der Waals surface area contributed by atoms with Crippen molar-refractivity contribution in [3.8, 4) is 0 Å². The van der Waals surface area contributed by atoms with E-state index in [0.717, 1.165) is 5.56 Å². The minimum atomic E-state index is -0.359. The summed E-state index contributed by atoms with van der Waals surface area (Å²) < 4.78 is 4.98. The Bertz CT molecular complexity index is 689. The zero-order valence-corrected chi connectivity index (χ0v) is 17.2. The summed E-state index contributed by atoms with van der Waals surface area (Å²) in [5.74, 6) is -0.863. The number of aryl methyl sites for hydroxylation is 1. The van der Waals surface area contributed by atoms with Gasteiger partial charge in [0.15, 0.2) is 0 Å². The zero-order valence-electron chi connectivity index (χ0n) is 17.2. The third-order valence-corrected chi connectivity index (χ3v) is 3.75. The first-order valence-electron chi connectivity index (χ1n) is 9.53. The number of hydrogen-bond donors (Lipinski definition) is 4. The van der Waals surface area contributed by atoms with Crippen molar-refractivity contribution < 1.29 is 23.9 Å². The van der Waals surface area contributed by atoms with Gasteiger partial charge in [0.2, 0.25) is 23.6 Å². The van der Waals surface area contributed by atoms with Gasteiger partial charge < -0.3 is 26.0 Å². The van der Waals surface area contributed by atoms with Gasteiger partial charge in [-0.2, -0.15) is 0 Å². The average molecular weight is 406 g/mol. The molecule has 9 heteroatoms. The maximum absolute atomic E-state index is 11.9. The van der Waals surface area contributed by atoms with Crippen molar-refractivity contribution in [2.45, 2.75) is 39.2 Å². The van der Waals surface area contributed by atoms with Gasteiger partial charge in [-0.25, -0.2) is 0 Å². The molecule has 0 aliphatic heterocycles. The lowest BCUT2D eigenvalue weighted by molar-refractivity contribution is -0.128. The van der Waals surface area contributed by atoms with Crippen LogP contribution in [0, 0.1) is 0 Å². The van der Waals surface area contributed by atoms with E-state index in [0.29, 0.717) is 25.1 Å². The van der Waals surface area contributed by atoms with E-state index < -0.39 is 0 Å². The Morgan fingerprint density at radius 2 is 1.55 bits per heavy atom. The van der Waals surface area contributed by atoms with Crippen molar-refractivity contribution in [3.05, 3.63) is 29.8 Å². The molecule has 1 aromatic rings. The van der Waals surface area contributed by atoms with E-state index in [2.05, 4.69) is 21.3 Å². The lowest BCUT2D eigenvalue weighted by Crippen LogP contribution is -2.34. The summed E-state index contributed by atoms with van der Waals surface area (Å²) in [6, 6.07) is 7.20. The van der Waals surface area contributed by atoms with Crippen LogP contribution in [0.15, 0.2) is 24.3 Å². The van der Waals surface area contributed by atoms with E-state index in [9.17, 15) is 19.2 Å². The number of carbonyl (C=O) groups excluding carboxylic acids is 4. The van der Waals surface area contributed by atoms with Crippen molar-refractivity contribution in [2.75, 3.05) is 32.1 Å². The van der Waals surface area contributed by atoms with E-state index in [4.69, 9.17) is 4.74 Å². The number of anilines is 1. The fraction of sp³-hybridized carbons (Fsp3) is 0.500. The monoisotopic (exact) mass is 406 g/mol. The van der Waals surface area contributed by atoms with Gasteiger partial charge in [-0.1, -0.05) is 12.1 Å². The van der Waals surface area contributed by atoms with E-state index >= 15 is 0 Å². The van der Waals surface area contributed by atoms with Crippen molar-refractivity contribution in [1.82, 2.24) is 16.0 Å². The molecule has 0 fully saturated rings. The molecule has 4 N–H and O–H groups in total. The molecular weight excluding hydrogens is 376 g/mol. The van der Waals surface area contributed by atoms with Gasteiger partial charge in [0.05, 0.1) is 0 Å². The second-order valence-electron chi connectivity index (χ2n) is 6.73. The summed E-state index contributed by atoms with van der Waals surface area (Å²) >= 11 is 0. The van der Waals surface area contributed by atoms with E-state index in [1.807, 2.05) is 26.0 Å². The number of carbonyl (C=O) groups is 4. The molecule has 0 saturated heterocycles. The Kier molecular flexibility index (Phi) is 11.0. The second kappa shape index (κ2) is 13.3. The van der Waals surface area contributed by atoms with Crippen molar-refractivity contribution in [3.63, 3.8) is 0 Å². The third kappa shape index (κ3) is 11.5. The molecule has 29 heavy (non-hydrogen) atoms. The number of amides is 4. The molecular formula is C20H30N4O5. The van der Waals surface area contributed by atoms with Crippen LogP contribution >= 0.6 is 0 Å². The molecule has 4 amide bonds. The number of rotatable bonds is 12. The van der Waals surface area contributed by atoms with Crippen LogP contribution in [0.5, 0.6) is 0 Å². The molecule has 0 aliphatic rings. The van der Waals surface area contributed by atoms with Crippen LogP contribution < -0.4 is 21.3 Å². The van der Waals surface area contributed by atoms with Crippen LogP contribution in [0.25, 0.3) is 0 Å². The molecule has 0 aromatic heterocycles. The molecule has 0 spiro atoms. The maximum atomic E-state index is 11.9. The molecule has 1 rings (SSSR count). The highest BCUT2D eigenvalue weighted by Gasteiger charge is 2.07. The van der Waals surface area contributed by atoms with Crippen LogP contribution in [0.1, 0.15) is 32.3 Å². The van der Waals surface area contributed by atoms with Crippen LogP contribution in [-0.4, -0.2) is 56.5 Å². The third-order valence-electron chi connectivity index (χ3n) is 3.75. The number of benzene rings is 1. The van der Waals surface area contributed by atoms with E-state index in [1.54, 1.807) is 12.1 Å². The highest BCUT2D eigenvalue weighted by molar-refractivity contribution is 5.91. The highest BCUT2D eigenvalue weighted by atomic mass is 16.5. The lowest BCUT2D eigenvalue weighted by atomic mass is 10.1. The Morgan fingerprint density at radius 1 is 0.897 bits per heavy atom. The first-order chi connectivity index (χ1) is 13.8. The van der Waals surface area contributed by atoms with Crippen LogP contribution in [0.4, 0.5) is 5.69 Å². The van der Waals surface area contributed by atoms with Gasteiger partial charge in [-0.15, -0.1) is 0 Å². The lowest BCUT2D eigenvalue weighted by Gasteiger charge is -2.09. The van der Waals surface area contributed by atoms with E-state index in [-0.39, 0.29) is 49.3 Å². The molecule has 160 valence electrons. The Hall–Kier alpha value is -2.94. The highest BCUT2D eigenvalue weighted by Crippen LogP contribution is 2.11. The molecule has 0 saturated carbocycles. The normalized spacial score (nSPS) is 10.3. The predicted octanol–water partition coefficient (Wildman–Crippen LogP) is 0.351. The van der Waals surface area contributed by atoms with Gasteiger partial charge >= 0.3 is 0 Å². The molecule has 1 aromatic carbocycles. The summed E-state index contributed by atoms with van der Waals surface area (Å²) in [6.07, 6.45) is 1.11. The van der Waals surface area contributed by atoms with Crippen LogP contribution in [0.2, 0.25) is 0 Å². The summed E-state index contributed by atoms with van der Waals surface area (Å²) in [4.78, 5) is 46.1. The van der Waals surface area contributed by atoms with Crippen molar-refractivity contribution in [2.24, 2.45) is 0 Å². The quantitative estimate of drug-likeness (QED) is 0.399. The van der Waals surface area contributed by atoms with Crippen molar-refractivity contribution in [1.29, 1.82) is 0 Å².